The average Bonchev–Trinajstić information content (AvgIpc) is 2.43. The molecule has 2 rings (SSSR count). The van der Waals surface area contributed by atoms with E-state index in [0.717, 1.165) is 36.3 Å². The molecule has 22 heavy (non-hydrogen) atoms. The molecule has 1 aromatic rings. The molecule has 1 fully saturated rings. The third-order valence-electron chi connectivity index (χ3n) is 4.38. The first-order valence-electron chi connectivity index (χ1n) is 7.96. The van der Waals surface area contributed by atoms with E-state index < -0.39 is 6.03 Å². The quantitative estimate of drug-likeness (QED) is 0.787. The molecule has 120 valence electrons. The van der Waals surface area contributed by atoms with Crippen LogP contribution in [-0.4, -0.2) is 31.6 Å². The van der Waals surface area contributed by atoms with Gasteiger partial charge in [-0.1, -0.05) is 19.1 Å². The largest absolute Gasteiger partial charge is 0.327 e. The molecule has 0 spiro atoms. The average molecular weight is 304 g/mol. The maximum Gasteiger partial charge on any atom is 0.326 e. The number of amides is 3. The highest BCUT2D eigenvalue weighted by molar-refractivity contribution is 6.01. The summed E-state index contributed by atoms with van der Waals surface area (Å²) in [7, 11) is 0. The number of piperidine rings is 1. The van der Waals surface area contributed by atoms with Crippen LogP contribution in [0.2, 0.25) is 0 Å². The minimum atomic E-state index is -0.455. The monoisotopic (exact) mass is 304 g/mol. The van der Waals surface area contributed by atoms with E-state index in [-0.39, 0.29) is 5.91 Å². The number of hydrogen-bond acceptors (Lipinski definition) is 2. The number of urea groups is 1. The van der Waals surface area contributed by atoms with Gasteiger partial charge < -0.3 is 10.2 Å². The summed E-state index contributed by atoms with van der Waals surface area (Å²) in [6, 6.07) is 5.26. The van der Waals surface area contributed by atoms with Gasteiger partial charge in [-0.15, -0.1) is 0 Å². The number of quaternary nitrogens is 1. The van der Waals surface area contributed by atoms with E-state index in [1.54, 1.807) is 0 Å². The van der Waals surface area contributed by atoms with Crippen molar-refractivity contribution in [1.82, 2.24) is 5.32 Å². The molecule has 1 unspecified atom stereocenters. The van der Waals surface area contributed by atoms with Crippen LogP contribution in [0, 0.1) is 19.8 Å². The summed E-state index contributed by atoms with van der Waals surface area (Å²) < 4.78 is 0. The molecule has 1 aliphatic heterocycles. The van der Waals surface area contributed by atoms with Crippen molar-refractivity contribution >= 4 is 17.6 Å². The molecule has 0 aromatic heterocycles. The topological polar surface area (TPSA) is 62.6 Å². The number of carbonyl (C=O) groups excluding carboxylic acids is 2. The maximum absolute atomic E-state index is 12.0. The van der Waals surface area contributed by atoms with Gasteiger partial charge in [-0.3, -0.25) is 10.1 Å². The molecule has 1 heterocycles. The van der Waals surface area contributed by atoms with Crippen molar-refractivity contribution in [3.63, 3.8) is 0 Å². The van der Waals surface area contributed by atoms with E-state index in [2.05, 4.69) is 17.6 Å². The molecule has 1 aromatic carbocycles. The summed E-state index contributed by atoms with van der Waals surface area (Å²) in [5.41, 5.74) is 2.86. The maximum atomic E-state index is 12.0. The Balaban J connectivity index is 1.83. The van der Waals surface area contributed by atoms with Crippen molar-refractivity contribution in [2.75, 3.05) is 25.0 Å². The van der Waals surface area contributed by atoms with Crippen molar-refractivity contribution < 1.29 is 14.5 Å². The Hall–Kier alpha value is -1.88. The van der Waals surface area contributed by atoms with Crippen LogP contribution >= 0.6 is 0 Å². The highest BCUT2D eigenvalue weighted by Crippen LogP contribution is 2.17. The molecule has 0 saturated carbocycles. The third kappa shape index (κ3) is 4.56. The van der Waals surface area contributed by atoms with Gasteiger partial charge in [-0.25, -0.2) is 4.79 Å². The molecule has 5 heteroatoms. The fourth-order valence-electron chi connectivity index (χ4n) is 3.00. The molecule has 3 N–H and O–H groups in total. The summed E-state index contributed by atoms with van der Waals surface area (Å²) in [6.07, 6.45) is 2.39. The van der Waals surface area contributed by atoms with E-state index in [0.29, 0.717) is 12.5 Å². The lowest BCUT2D eigenvalue weighted by molar-refractivity contribution is -0.900. The Morgan fingerprint density at radius 2 is 2.09 bits per heavy atom. The lowest BCUT2D eigenvalue weighted by atomic mass is 10.0. The van der Waals surface area contributed by atoms with E-state index in [4.69, 9.17) is 0 Å². The first-order chi connectivity index (χ1) is 10.5. The number of anilines is 1. The SMILES string of the molecule is Cc1cccc(NC(=O)NC(=O)C[NH+]2CCC[C@@H](C)C2)c1C. The first-order valence-corrected chi connectivity index (χ1v) is 7.96. The number of likely N-dealkylation sites (tertiary alicyclic amines) is 1. The molecule has 3 amide bonds. The van der Waals surface area contributed by atoms with Crippen molar-refractivity contribution in [2.24, 2.45) is 5.92 Å². The van der Waals surface area contributed by atoms with Crippen LogP contribution in [0.1, 0.15) is 30.9 Å². The number of imide groups is 1. The summed E-state index contributed by atoms with van der Waals surface area (Å²) in [4.78, 5) is 25.2. The summed E-state index contributed by atoms with van der Waals surface area (Å²) in [6.45, 7) is 8.54. The fraction of sp³-hybridized carbons (Fsp3) is 0.529. The number of hydrogen-bond donors (Lipinski definition) is 3. The number of carbonyl (C=O) groups is 2. The van der Waals surface area contributed by atoms with Gasteiger partial charge >= 0.3 is 6.03 Å². The van der Waals surface area contributed by atoms with Crippen LogP contribution in [0.25, 0.3) is 0 Å². The summed E-state index contributed by atoms with van der Waals surface area (Å²) in [5.74, 6) is 0.437. The third-order valence-corrected chi connectivity index (χ3v) is 4.38. The van der Waals surface area contributed by atoms with Gasteiger partial charge in [0.1, 0.15) is 0 Å². The van der Waals surface area contributed by atoms with Crippen LogP contribution in [0.15, 0.2) is 18.2 Å². The summed E-state index contributed by atoms with van der Waals surface area (Å²) in [5, 5.41) is 5.18. The predicted octanol–water partition coefficient (Wildman–Crippen LogP) is 1.27. The zero-order chi connectivity index (χ0) is 16.1. The van der Waals surface area contributed by atoms with Crippen LogP contribution in [0.4, 0.5) is 10.5 Å². The van der Waals surface area contributed by atoms with E-state index >= 15 is 0 Å². The van der Waals surface area contributed by atoms with Crippen LogP contribution in [0.5, 0.6) is 0 Å². The van der Waals surface area contributed by atoms with Crippen molar-refractivity contribution in [3.8, 4) is 0 Å². The molecule has 0 radical (unpaired) electrons. The van der Waals surface area contributed by atoms with E-state index in [1.807, 2.05) is 32.0 Å². The van der Waals surface area contributed by atoms with Gasteiger partial charge in [0.25, 0.3) is 5.91 Å². The van der Waals surface area contributed by atoms with Crippen LogP contribution < -0.4 is 15.5 Å². The molecule has 5 nitrogen and oxygen atoms in total. The lowest BCUT2D eigenvalue weighted by Crippen LogP contribution is -3.14. The Bertz CT molecular complexity index is 557. The highest BCUT2D eigenvalue weighted by atomic mass is 16.2. The van der Waals surface area contributed by atoms with Crippen molar-refractivity contribution in [3.05, 3.63) is 29.3 Å². The first kappa shape index (κ1) is 16.5. The second-order valence-corrected chi connectivity index (χ2v) is 6.38. The van der Waals surface area contributed by atoms with Gasteiger partial charge in [0.05, 0.1) is 13.1 Å². The molecule has 0 bridgehead atoms. The molecule has 0 aliphatic carbocycles. The second kappa shape index (κ2) is 7.40. The smallest absolute Gasteiger partial charge is 0.326 e. The Kier molecular flexibility index (Phi) is 5.55. The van der Waals surface area contributed by atoms with Gasteiger partial charge in [0.2, 0.25) is 0 Å². The fourth-order valence-corrected chi connectivity index (χ4v) is 3.00. The molecular weight excluding hydrogens is 278 g/mol. The minimum Gasteiger partial charge on any atom is -0.327 e. The zero-order valence-corrected chi connectivity index (χ0v) is 13.7. The molecule has 1 aliphatic rings. The van der Waals surface area contributed by atoms with Gasteiger partial charge in [0.15, 0.2) is 6.54 Å². The second-order valence-electron chi connectivity index (χ2n) is 6.38. The van der Waals surface area contributed by atoms with Crippen molar-refractivity contribution in [1.29, 1.82) is 0 Å². The van der Waals surface area contributed by atoms with Gasteiger partial charge in [0, 0.05) is 11.6 Å². The number of rotatable bonds is 3. The number of nitrogens with one attached hydrogen (secondary N) is 3. The Morgan fingerprint density at radius 3 is 2.82 bits per heavy atom. The van der Waals surface area contributed by atoms with Gasteiger partial charge in [-0.05, 0) is 43.9 Å². The Labute approximate surface area is 132 Å². The lowest BCUT2D eigenvalue weighted by Gasteiger charge is -2.27. The zero-order valence-electron chi connectivity index (χ0n) is 13.7. The Morgan fingerprint density at radius 1 is 1.32 bits per heavy atom. The van der Waals surface area contributed by atoms with Crippen molar-refractivity contribution in [2.45, 2.75) is 33.6 Å². The van der Waals surface area contributed by atoms with E-state index in [9.17, 15) is 9.59 Å². The molecule has 1 saturated heterocycles. The normalized spacial score (nSPS) is 21.2. The van der Waals surface area contributed by atoms with Gasteiger partial charge in [-0.2, -0.15) is 0 Å². The summed E-state index contributed by atoms with van der Waals surface area (Å²) >= 11 is 0. The van der Waals surface area contributed by atoms with Crippen LogP contribution in [0.3, 0.4) is 0 Å². The standard InChI is InChI=1S/C17H25N3O2/c1-12-6-5-9-20(10-12)11-16(21)19-17(22)18-15-8-4-7-13(2)14(15)3/h4,7-8,12H,5-6,9-11H2,1-3H3,(H2,18,19,21,22)/p+1/t12-/m1/s1. The van der Waals surface area contributed by atoms with Crippen LogP contribution in [-0.2, 0) is 4.79 Å². The minimum absolute atomic E-state index is 0.216. The number of benzene rings is 1. The predicted molar refractivity (Wildman–Crippen MR) is 87.0 cm³/mol. The molecular formula is C17H26N3O2+. The highest BCUT2D eigenvalue weighted by Gasteiger charge is 2.22. The van der Waals surface area contributed by atoms with E-state index in [1.165, 1.54) is 11.3 Å². The molecule has 2 atom stereocenters. The number of aryl methyl sites for hydroxylation is 1.